The van der Waals surface area contributed by atoms with E-state index in [0.717, 1.165) is 0 Å². The van der Waals surface area contributed by atoms with E-state index < -0.39 is 11.7 Å². The number of halogens is 1. The van der Waals surface area contributed by atoms with Gasteiger partial charge in [-0.25, -0.2) is 4.39 Å². The lowest BCUT2D eigenvalue weighted by Gasteiger charge is -2.09. The van der Waals surface area contributed by atoms with E-state index in [1.807, 2.05) is 0 Å². The minimum Gasteiger partial charge on any atom is -0.326 e. The number of aryl methyl sites for hydroxylation is 1. The molecule has 21 heavy (non-hydrogen) atoms. The Morgan fingerprint density at radius 2 is 1.67 bits per heavy atom. The van der Waals surface area contributed by atoms with Gasteiger partial charge in [-0.05, 0) is 42.8 Å². The van der Waals surface area contributed by atoms with Gasteiger partial charge in [-0.15, -0.1) is 0 Å². The normalized spacial score (nSPS) is 10.0. The Kier molecular flexibility index (Phi) is 4.33. The van der Waals surface area contributed by atoms with Crippen LogP contribution in [0.2, 0.25) is 0 Å². The van der Waals surface area contributed by atoms with E-state index in [1.165, 1.54) is 19.1 Å². The molecule has 2 aromatic carbocycles. The first kappa shape index (κ1) is 14.7. The van der Waals surface area contributed by atoms with Crippen molar-refractivity contribution < 1.29 is 14.0 Å². The van der Waals surface area contributed by atoms with Crippen LogP contribution in [0.15, 0.2) is 42.5 Å². The van der Waals surface area contributed by atoms with E-state index in [0.29, 0.717) is 16.9 Å². The fraction of sp³-hybridized carbons (Fsp3) is 0.125. The van der Waals surface area contributed by atoms with Crippen LogP contribution in [0.5, 0.6) is 0 Å². The van der Waals surface area contributed by atoms with Crippen molar-refractivity contribution >= 4 is 23.2 Å². The third kappa shape index (κ3) is 3.89. The van der Waals surface area contributed by atoms with Gasteiger partial charge in [0.1, 0.15) is 5.82 Å². The van der Waals surface area contributed by atoms with Gasteiger partial charge in [0.2, 0.25) is 5.91 Å². The molecule has 2 N–H and O–H groups in total. The molecule has 2 aromatic rings. The summed E-state index contributed by atoms with van der Waals surface area (Å²) >= 11 is 0. The van der Waals surface area contributed by atoms with E-state index in [2.05, 4.69) is 10.6 Å². The average molecular weight is 286 g/mol. The number of benzene rings is 2. The van der Waals surface area contributed by atoms with Crippen molar-refractivity contribution in [1.29, 1.82) is 0 Å². The number of anilines is 2. The molecule has 0 atom stereocenters. The quantitative estimate of drug-likeness (QED) is 0.909. The molecule has 0 aromatic heterocycles. The Morgan fingerprint density at radius 1 is 1.00 bits per heavy atom. The van der Waals surface area contributed by atoms with Gasteiger partial charge in [0.25, 0.3) is 5.91 Å². The van der Waals surface area contributed by atoms with Gasteiger partial charge in [-0.1, -0.05) is 12.1 Å². The molecule has 2 amide bonds. The Hall–Kier alpha value is -2.69. The fourth-order valence-electron chi connectivity index (χ4n) is 1.92. The molecule has 5 heteroatoms. The van der Waals surface area contributed by atoms with Crippen LogP contribution in [-0.2, 0) is 4.79 Å². The molecule has 108 valence electrons. The van der Waals surface area contributed by atoms with Crippen LogP contribution in [0.4, 0.5) is 15.8 Å². The summed E-state index contributed by atoms with van der Waals surface area (Å²) < 4.78 is 13.2. The van der Waals surface area contributed by atoms with Gasteiger partial charge < -0.3 is 10.6 Å². The van der Waals surface area contributed by atoms with Crippen molar-refractivity contribution in [2.45, 2.75) is 13.8 Å². The van der Waals surface area contributed by atoms with Crippen molar-refractivity contribution in [2.75, 3.05) is 10.6 Å². The van der Waals surface area contributed by atoms with Gasteiger partial charge in [0, 0.05) is 23.9 Å². The van der Waals surface area contributed by atoms with E-state index in [-0.39, 0.29) is 11.5 Å². The second-order valence-corrected chi connectivity index (χ2v) is 4.68. The molecule has 0 fully saturated rings. The predicted octanol–water partition coefficient (Wildman–Crippen LogP) is 3.34. The molecule has 0 aliphatic carbocycles. The highest BCUT2D eigenvalue weighted by atomic mass is 19.1. The number of carbonyl (C=O) groups excluding carboxylic acids is 2. The zero-order chi connectivity index (χ0) is 15.4. The van der Waals surface area contributed by atoms with Crippen LogP contribution < -0.4 is 10.6 Å². The van der Waals surface area contributed by atoms with Gasteiger partial charge in [-0.2, -0.15) is 0 Å². The minimum absolute atomic E-state index is 0.195. The lowest BCUT2D eigenvalue weighted by molar-refractivity contribution is -0.114. The van der Waals surface area contributed by atoms with Crippen molar-refractivity contribution in [1.82, 2.24) is 0 Å². The summed E-state index contributed by atoms with van der Waals surface area (Å²) in [6.07, 6.45) is 0. The standard InChI is InChI=1S/C16H15FN2O2/c1-10-6-7-12(17)8-15(10)16(21)19-14-5-3-4-13(9-14)18-11(2)20/h3-9H,1-2H3,(H,18,20)(H,19,21). The van der Waals surface area contributed by atoms with Gasteiger partial charge >= 0.3 is 0 Å². The van der Waals surface area contributed by atoms with E-state index in [4.69, 9.17) is 0 Å². The summed E-state index contributed by atoms with van der Waals surface area (Å²) in [6.45, 7) is 3.14. The maximum Gasteiger partial charge on any atom is 0.256 e. The molecule has 0 radical (unpaired) electrons. The minimum atomic E-state index is -0.460. The monoisotopic (exact) mass is 286 g/mol. The summed E-state index contributed by atoms with van der Waals surface area (Å²) in [5.41, 5.74) is 2.07. The Balaban J connectivity index is 2.19. The van der Waals surface area contributed by atoms with Crippen LogP contribution in [0, 0.1) is 12.7 Å². The van der Waals surface area contributed by atoms with Crippen LogP contribution >= 0.6 is 0 Å². The van der Waals surface area contributed by atoms with Crippen molar-refractivity contribution in [2.24, 2.45) is 0 Å². The molecule has 0 heterocycles. The Morgan fingerprint density at radius 3 is 2.33 bits per heavy atom. The smallest absolute Gasteiger partial charge is 0.256 e. The summed E-state index contributed by atoms with van der Waals surface area (Å²) in [7, 11) is 0. The number of carbonyl (C=O) groups is 2. The molecule has 0 aliphatic heterocycles. The second-order valence-electron chi connectivity index (χ2n) is 4.68. The number of rotatable bonds is 3. The lowest BCUT2D eigenvalue weighted by Crippen LogP contribution is -2.14. The average Bonchev–Trinajstić information content (AvgIpc) is 2.41. The van der Waals surface area contributed by atoms with Gasteiger partial charge in [0.15, 0.2) is 0 Å². The SMILES string of the molecule is CC(=O)Nc1cccc(NC(=O)c2cc(F)ccc2C)c1. The van der Waals surface area contributed by atoms with E-state index in [9.17, 15) is 14.0 Å². The first-order chi connectivity index (χ1) is 9.95. The van der Waals surface area contributed by atoms with Crippen LogP contribution in [0.1, 0.15) is 22.8 Å². The number of hydrogen-bond acceptors (Lipinski definition) is 2. The van der Waals surface area contributed by atoms with Crippen molar-refractivity contribution in [3.8, 4) is 0 Å². The van der Waals surface area contributed by atoms with Crippen molar-refractivity contribution in [3.63, 3.8) is 0 Å². The molecular weight excluding hydrogens is 271 g/mol. The van der Waals surface area contributed by atoms with Crippen LogP contribution in [0.25, 0.3) is 0 Å². The van der Waals surface area contributed by atoms with Gasteiger partial charge in [0.05, 0.1) is 0 Å². The summed E-state index contributed by atoms with van der Waals surface area (Å²) in [4.78, 5) is 23.2. The largest absolute Gasteiger partial charge is 0.326 e. The highest BCUT2D eigenvalue weighted by Gasteiger charge is 2.10. The maximum atomic E-state index is 13.2. The first-order valence-corrected chi connectivity index (χ1v) is 6.41. The molecule has 0 aliphatic rings. The topological polar surface area (TPSA) is 58.2 Å². The fourth-order valence-corrected chi connectivity index (χ4v) is 1.92. The molecule has 0 saturated heterocycles. The highest BCUT2D eigenvalue weighted by molar-refractivity contribution is 6.05. The Bertz CT molecular complexity index is 698. The first-order valence-electron chi connectivity index (χ1n) is 6.41. The molecular formula is C16H15FN2O2. The third-order valence-corrected chi connectivity index (χ3v) is 2.89. The van der Waals surface area contributed by atoms with Gasteiger partial charge in [-0.3, -0.25) is 9.59 Å². The number of hydrogen-bond donors (Lipinski definition) is 2. The van der Waals surface area contributed by atoms with Crippen LogP contribution in [-0.4, -0.2) is 11.8 Å². The molecule has 0 unspecified atom stereocenters. The zero-order valence-electron chi connectivity index (χ0n) is 11.7. The molecule has 0 spiro atoms. The van der Waals surface area contributed by atoms with Crippen LogP contribution in [0.3, 0.4) is 0 Å². The van der Waals surface area contributed by atoms with E-state index >= 15 is 0 Å². The summed E-state index contributed by atoms with van der Waals surface area (Å²) in [5.74, 6) is -1.05. The lowest BCUT2D eigenvalue weighted by atomic mass is 10.1. The summed E-state index contributed by atoms with van der Waals surface area (Å²) in [6, 6.07) is 10.8. The van der Waals surface area contributed by atoms with E-state index in [1.54, 1.807) is 37.3 Å². The number of amides is 2. The maximum absolute atomic E-state index is 13.2. The molecule has 0 saturated carbocycles. The number of nitrogens with one attached hydrogen (secondary N) is 2. The predicted molar refractivity (Wildman–Crippen MR) is 79.8 cm³/mol. The highest BCUT2D eigenvalue weighted by Crippen LogP contribution is 2.17. The second kappa shape index (κ2) is 6.17. The third-order valence-electron chi connectivity index (χ3n) is 2.89. The summed E-state index contributed by atoms with van der Waals surface area (Å²) in [5, 5.41) is 5.31. The molecule has 0 bridgehead atoms. The molecule has 4 nitrogen and oxygen atoms in total. The van der Waals surface area contributed by atoms with Crippen molar-refractivity contribution in [3.05, 3.63) is 59.4 Å². The zero-order valence-corrected chi connectivity index (χ0v) is 11.7. The Labute approximate surface area is 122 Å². The molecule has 2 rings (SSSR count).